The Morgan fingerprint density at radius 2 is 1.77 bits per heavy atom. The molecule has 1 aromatic carbocycles. The molecule has 2 heterocycles. The normalized spacial score (nSPS) is 20.8. The Labute approximate surface area is 179 Å². The monoisotopic (exact) mass is 438 g/mol. The number of carbonyl (C=O) groups is 1. The van der Waals surface area contributed by atoms with E-state index in [0.717, 1.165) is 38.2 Å². The van der Waals surface area contributed by atoms with Gasteiger partial charge >= 0.3 is 0 Å². The van der Waals surface area contributed by atoms with Crippen LogP contribution in [0.4, 0.5) is 5.69 Å². The van der Waals surface area contributed by atoms with E-state index in [-0.39, 0.29) is 11.7 Å². The van der Waals surface area contributed by atoms with E-state index in [4.69, 9.17) is 0 Å². The third-order valence-corrected chi connectivity index (χ3v) is 8.51. The second-order valence-corrected chi connectivity index (χ2v) is 10.3. The minimum Gasteiger partial charge on any atom is -0.369 e. The smallest absolute Gasteiger partial charge is 0.247 e. The van der Waals surface area contributed by atoms with Gasteiger partial charge in [0.05, 0.1) is 11.7 Å². The third-order valence-electron chi connectivity index (χ3n) is 6.57. The van der Waals surface area contributed by atoms with E-state index in [1.165, 1.54) is 9.87 Å². The highest BCUT2D eigenvalue weighted by atomic mass is 32.2. The van der Waals surface area contributed by atoms with Crippen LogP contribution in [0.25, 0.3) is 0 Å². The molecule has 0 saturated carbocycles. The van der Waals surface area contributed by atoms with Crippen molar-refractivity contribution in [3.05, 3.63) is 29.8 Å². The van der Waals surface area contributed by atoms with Gasteiger partial charge in [-0.15, -0.1) is 0 Å². The summed E-state index contributed by atoms with van der Waals surface area (Å²) >= 11 is 0. The highest BCUT2D eigenvalue weighted by Crippen LogP contribution is 2.28. The lowest BCUT2D eigenvalue weighted by atomic mass is 9.85. The Bertz CT molecular complexity index is 816. The number of hydroxylamine groups is 1. The molecule has 2 N–H and O–H groups in total. The number of hydrogen-bond donors (Lipinski definition) is 2. The molecule has 1 atom stereocenters. The molecule has 1 aromatic rings. The number of rotatable bonds is 7. The molecule has 2 saturated heterocycles. The van der Waals surface area contributed by atoms with Crippen molar-refractivity contribution in [3.63, 3.8) is 0 Å². The number of piperidine rings is 1. The molecule has 0 aliphatic carbocycles. The zero-order valence-electron chi connectivity index (χ0n) is 18.0. The lowest BCUT2D eigenvalue weighted by Crippen LogP contribution is -2.51. The summed E-state index contributed by atoms with van der Waals surface area (Å²) in [5.41, 5.74) is 4.01. The average Bonchev–Trinajstić information content (AvgIpc) is 2.77. The van der Waals surface area contributed by atoms with E-state index in [0.29, 0.717) is 26.2 Å². The van der Waals surface area contributed by atoms with Gasteiger partial charge in [0.2, 0.25) is 15.9 Å². The first-order valence-electron chi connectivity index (χ1n) is 10.8. The van der Waals surface area contributed by atoms with Crippen LogP contribution < -0.4 is 10.4 Å². The summed E-state index contributed by atoms with van der Waals surface area (Å²) in [6.45, 7) is 8.85. The molecule has 30 heavy (non-hydrogen) atoms. The fourth-order valence-corrected chi connectivity index (χ4v) is 6.45. The van der Waals surface area contributed by atoms with Crippen LogP contribution in [0.2, 0.25) is 0 Å². The summed E-state index contributed by atoms with van der Waals surface area (Å²) in [7, 11) is -3.60. The Hall–Kier alpha value is -1.68. The number of hydrogen-bond acceptors (Lipinski definition) is 6. The maximum Gasteiger partial charge on any atom is 0.247 e. The number of likely N-dealkylation sites (tertiary alicyclic amines) is 1. The maximum absolute atomic E-state index is 13.1. The molecule has 0 spiro atoms. The van der Waals surface area contributed by atoms with Crippen molar-refractivity contribution in [2.75, 3.05) is 56.5 Å². The number of piperazine rings is 1. The van der Waals surface area contributed by atoms with Crippen molar-refractivity contribution in [3.8, 4) is 0 Å². The highest BCUT2D eigenvalue weighted by molar-refractivity contribution is 7.89. The molecule has 9 heteroatoms. The zero-order valence-corrected chi connectivity index (χ0v) is 18.8. The van der Waals surface area contributed by atoms with Gasteiger partial charge < -0.3 is 9.80 Å². The number of carbonyl (C=O) groups excluding carboxylic acids is 1. The number of aryl methyl sites for hydroxylation is 1. The summed E-state index contributed by atoms with van der Waals surface area (Å²) < 4.78 is 27.8. The van der Waals surface area contributed by atoms with Crippen LogP contribution in [0.1, 0.15) is 25.3 Å². The Kier molecular flexibility index (Phi) is 7.73. The first-order chi connectivity index (χ1) is 14.4. The van der Waals surface area contributed by atoms with Gasteiger partial charge in [0.1, 0.15) is 0 Å². The predicted molar refractivity (Wildman–Crippen MR) is 117 cm³/mol. The van der Waals surface area contributed by atoms with Crippen LogP contribution in [0, 0.1) is 18.8 Å². The second-order valence-electron chi connectivity index (χ2n) is 8.31. The molecule has 2 aliphatic rings. The van der Waals surface area contributed by atoms with Crippen molar-refractivity contribution < 1.29 is 18.4 Å². The number of amides is 1. The van der Waals surface area contributed by atoms with Gasteiger partial charge in [-0.25, -0.2) is 13.9 Å². The fourth-order valence-electron chi connectivity index (χ4n) is 4.64. The summed E-state index contributed by atoms with van der Waals surface area (Å²) in [6.07, 6.45) is 1.53. The predicted octanol–water partition coefficient (Wildman–Crippen LogP) is 1.30. The summed E-state index contributed by atoms with van der Waals surface area (Å²) in [6, 6.07) is 8.11. The van der Waals surface area contributed by atoms with Crippen molar-refractivity contribution in [1.82, 2.24) is 14.7 Å². The number of sulfonamides is 1. The molecule has 8 nitrogen and oxygen atoms in total. The molecular formula is C21H34N4O4S. The highest BCUT2D eigenvalue weighted by Gasteiger charge is 2.37. The maximum atomic E-state index is 13.1. The second kappa shape index (κ2) is 10.1. The average molecular weight is 439 g/mol. The van der Waals surface area contributed by atoms with Gasteiger partial charge in [0.25, 0.3) is 0 Å². The van der Waals surface area contributed by atoms with Gasteiger partial charge in [-0.1, -0.05) is 25.1 Å². The van der Waals surface area contributed by atoms with Crippen LogP contribution in [0.15, 0.2) is 24.3 Å². The van der Waals surface area contributed by atoms with Crippen molar-refractivity contribution in [2.45, 2.75) is 26.7 Å². The van der Waals surface area contributed by atoms with Gasteiger partial charge in [0.15, 0.2) is 0 Å². The molecule has 168 valence electrons. The molecule has 1 unspecified atom stereocenters. The molecule has 3 rings (SSSR count). The van der Waals surface area contributed by atoms with Gasteiger partial charge in [0, 0.05) is 31.9 Å². The number of nitrogens with one attached hydrogen (secondary N) is 1. The van der Waals surface area contributed by atoms with Crippen LogP contribution >= 0.6 is 0 Å². The largest absolute Gasteiger partial charge is 0.369 e. The fraction of sp³-hybridized carbons (Fsp3) is 0.667. The molecule has 1 amide bonds. The lowest BCUT2D eigenvalue weighted by molar-refractivity contribution is -0.135. The van der Waals surface area contributed by atoms with E-state index in [1.54, 1.807) is 5.48 Å². The number of benzene rings is 1. The summed E-state index contributed by atoms with van der Waals surface area (Å²) in [5, 5.41) is 9.20. The van der Waals surface area contributed by atoms with Crippen LogP contribution in [0.3, 0.4) is 0 Å². The SMILES string of the molecule is CCN1CCC(C(CS(=O)(=O)N2CCN(c3ccccc3C)CC2)C(=O)NO)CC1. The first kappa shape index (κ1) is 23.0. The standard InChI is InChI=1S/C21H34N4O4S/c1-3-23-10-8-18(9-11-23)19(21(26)22-27)16-30(28,29)25-14-12-24(13-15-25)20-7-5-4-6-17(20)2/h4-7,18-19,27H,3,8-16H2,1-2H3,(H,22,26). The minimum atomic E-state index is -3.60. The summed E-state index contributed by atoms with van der Waals surface area (Å²) in [4.78, 5) is 16.8. The minimum absolute atomic E-state index is 0.0389. The van der Waals surface area contributed by atoms with Gasteiger partial charge in [-0.05, 0) is 56.9 Å². The van der Waals surface area contributed by atoms with Crippen LogP contribution in [-0.4, -0.2) is 80.3 Å². The van der Waals surface area contributed by atoms with Crippen molar-refractivity contribution >= 4 is 21.6 Å². The first-order valence-corrected chi connectivity index (χ1v) is 12.4. The van der Waals surface area contributed by atoms with E-state index in [9.17, 15) is 18.4 Å². The topological polar surface area (TPSA) is 93.2 Å². The van der Waals surface area contributed by atoms with Crippen LogP contribution in [0.5, 0.6) is 0 Å². The zero-order chi connectivity index (χ0) is 21.7. The van der Waals surface area contributed by atoms with E-state index >= 15 is 0 Å². The van der Waals surface area contributed by atoms with E-state index in [1.807, 2.05) is 12.1 Å². The lowest BCUT2D eigenvalue weighted by Gasteiger charge is -2.38. The molecule has 2 fully saturated rings. The van der Waals surface area contributed by atoms with Crippen molar-refractivity contribution in [2.24, 2.45) is 11.8 Å². The molecule has 0 radical (unpaired) electrons. The summed E-state index contributed by atoms with van der Waals surface area (Å²) in [5.74, 6) is -1.61. The molecule has 0 bridgehead atoms. The third kappa shape index (κ3) is 5.32. The molecular weight excluding hydrogens is 404 g/mol. The Morgan fingerprint density at radius 3 is 2.33 bits per heavy atom. The van der Waals surface area contributed by atoms with Crippen LogP contribution in [-0.2, 0) is 14.8 Å². The number of nitrogens with zero attached hydrogens (tertiary/aromatic N) is 3. The quantitative estimate of drug-likeness (QED) is 0.492. The van der Waals surface area contributed by atoms with Gasteiger partial charge in [-0.3, -0.25) is 10.0 Å². The van der Waals surface area contributed by atoms with Gasteiger partial charge in [-0.2, -0.15) is 4.31 Å². The molecule has 2 aliphatic heterocycles. The molecule has 0 aromatic heterocycles. The number of anilines is 1. The van der Waals surface area contributed by atoms with E-state index < -0.39 is 21.8 Å². The van der Waals surface area contributed by atoms with E-state index in [2.05, 4.69) is 35.8 Å². The Morgan fingerprint density at radius 1 is 1.13 bits per heavy atom. The van der Waals surface area contributed by atoms with Crippen molar-refractivity contribution in [1.29, 1.82) is 0 Å². The Balaban J connectivity index is 1.64. The number of para-hydroxylation sites is 1.